The van der Waals surface area contributed by atoms with Crippen molar-refractivity contribution in [1.82, 2.24) is 9.55 Å². The predicted octanol–water partition coefficient (Wildman–Crippen LogP) is 8.21. The molecule has 0 aliphatic carbocycles. The summed E-state index contributed by atoms with van der Waals surface area (Å²) in [6.07, 6.45) is 22.7. The number of nitrogens with one attached hydrogen (secondary N) is 1. The van der Waals surface area contributed by atoms with Crippen LogP contribution in [0, 0.1) is 5.82 Å². The Hall–Kier alpha value is -2.46. The van der Waals surface area contributed by atoms with Gasteiger partial charge in [0.2, 0.25) is 5.82 Å². The third kappa shape index (κ3) is 24.8. The lowest BCUT2D eigenvalue weighted by Gasteiger charge is -2.27. The van der Waals surface area contributed by atoms with Gasteiger partial charge in [-0.2, -0.15) is 4.39 Å². The largest absolute Gasteiger partial charge is 0.756 e. The van der Waals surface area contributed by atoms with Crippen LogP contribution in [0.25, 0.3) is 0 Å². The van der Waals surface area contributed by atoms with Crippen LogP contribution >= 0.6 is 7.82 Å². The van der Waals surface area contributed by atoms with Crippen molar-refractivity contribution in [2.24, 2.45) is 0 Å². The SMILES string of the molecule is CCCCCCCCCCCCCCCC(=O)OC[C@@H](COP(=O)([O-])OC[C@H]1O[C@@H](n2cc(F)c(=O)[nH]c2=O)[C@H](O)[C@@H]1O)OC(=O)CCCCCCCCCCCCCCC. The Bertz CT molecular complexity index is 1490. The first-order valence-electron chi connectivity index (χ1n) is 23.4. The first-order chi connectivity index (χ1) is 29.4. The van der Waals surface area contributed by atoms with Crippen LogP contribution in [0.5, 0.6) is 0 Å². The molecule has 1 aromatic rings. The fraction of sp³-hybridized carbons (Fsp3) is 0.864. The summed E-state index contributed by atoms with van der Waals surface area (Å²) in [5.74, 6) is -2.46. The molecule has 3 N–H and O–H groups in total. The number of hydrogen-bond donors (Lipinski definition) is 3. The molecule has 17 heteroatoms. The first kappa shape index (κ1) is 54.7. The van der Waals surface area contributed by atoms with Crippen LogP contribution in [0.2, 0.25) is 0 Å². The van der Waals surface area contributed by atoms with Gasteiger partial charge in [-0.1, -0.05) is 168 Å². The smallest absolute Gasteiger partial charge is 0.330 e. The summed E-state index contributed by atoms with van der Waals surface area (Å²) in [5.41, 5.74) is -2.44. The van der Waals surface area contributed by atoms with Gasteiger partial charge in [0, 0.05) is 12.8 Å². The molecular weight excluding hydrogens is 814 g/mol. The van der Waals surface area contributed by atoms with E-state index in [0.717, 1.165) is 44.9 Å². The van der Waals surface area contributed by atoms with Crippen molar-refractivity contribution in [2.45, 2.75) is 224 Å². The number of phosphoric acid groups is 1. The van der Waals surface area contributed by atoms with Crippen LogP contribution < -0.4 is 16.1 Å². The van der Waals surface area contributed by atoms with Crippen molar-refractivity contribution in [1.29, 1.82) is 0 Å². The Morgan fingerprint density at radius 3 is 1.64 bits per heavy atom. The van der Waals surface area contributed by atoms with Gasteiger partial charge in [0.1, 0.15) is 24.9 Å². The predicted molar refractivity (Wildman–Crippen MR) is 228 cm³/mol. The second kappa shape index (κ2) is 33.1. The van der Waals surface area contributed by atoms with Gasteiger partial charge >= 0.3 is 17.6 Å². The summed E-state index contributed by atoms with van der Waals surface area (Å²) >= 11 is 0. The summed E-state index contributed by atoms with van der Waals surface area (Å²) in [7, 11) is -5.18. The summed E-state index contributed by atoms with van der Waals surface area (Å²) in [6, 6.07) is 0. The van der Waals surface area contributed by atoms with Gasteiger partial charge in [0.05, 0.1) is 19.4 Å². The van der Waals surface area contributed by atoms with Gasteiger partial charge in [0.15, 0.2) is 12.3 Å². The third-order valence-electron chi connectivity index (χ3n) is 11.0. The second-order valence-electron chi connectivity index (χ2n) is 16.5. The molecule has 1 fully saturated rings. The molecule has 1 saturated heterocycles. The fourth-order valence-corrected chi connectivity index (χ4v) is 8.07. The van der Waals surface area contributed by atoms with E-state index in [1.807, 2.05) is 0 Å². The van der Waals surface area contributed by atoms with Gasteiger partial charge in [-0.15, -0.1) is 0 Å². The normalized spacial score (nSPS) is 19.2. The Morgan fingerprint density at radius 1 is 0.721 bits per heavy atom. The maximum atomic E-state index is 13.8. The number of aromatic nitrogens is 2. The number of aliphatic hydroxyl groups excluding tert-OH is 2. The van der Waals surface area contributed by atoms with E-state index >= 15 is 0 Å². The fourth-order valence-electron chi connectivity index (χ4n) is 7.32. The molecule has 1 aliphatic heterocycles. The maximum Gasteiger partial charge on any atom is 0.330 e. The van der Waals surface area contributed by atoms with E-state index < -0.39 is 87.3 Å². The molecule has 0 spiro atoms. The van der Waals surface area contributed by atoms with Crippen molar-refractivity contribution in [3.8, 4) is 0 Å². The average Bonchev–Trinajstić information content (AvgIpc) is 3.51. The lowest BCUT2D eigenvalue weighted by molar-refractivity contribution is -0.231. The van der Waals surface area contributed by atoms with E-state index in [0.29, 0.717) is 23.6 Å². The van der Waals surface area contributed by atoms with Crippen molar-refractivity contribution < 1.29 is 56.9 Å². The van der Waals surface area contributed by atoms with Crippen molar-refractivity contribution >= 4 is 19.8 Å². The van der Waals surface area contributed by atoms with Crippen LogP contribution in [-0.2, 0) is 37.4 Å². The molecule has 2 rings (SSSR count). The number of unbranched alkanes of at least 4 members (excludes halogenated alkanes) is 24. The number of carbonyl (C=O) groups is 2. The lowest BCUT2D eigenvalue weighted by atomic mass is 10.0. The standard InChI is InChI=1S/C44H78FN2O13P/c1-3-5-7-9-11-13-15-17-19-21-23-25-27-29-38(48)56-32-35(59-39(49)30-28-26-24-22-20-18-16-14-12-10-8-6-4-2)33-57-61(54,55)58-34-37-40(50)41(51)43(60-37)47-31-36(45)42(52)46-44(47)53/h31,35,37,40-41,43,50-51H,3-30,32-34H2,1-2H3,(H,54,55)(H,46,52,53)/p-1/t35-,37+,40+,41+,43+/m0/s1. The maximum absolute atomic E-state index is 13.8. The van der Waals surface area contributed by atoms with Gasteiger partial charge in [-0.3, -0.25) is 28.5 Å². The summed E-state index contributed by atoms with van der Waals surface area (Å²) in [4.78, 5) is 63.3. The van der Waals surface area contributed by atoms with Gasteiger partial charge in [0.25, 0.3) is 13.4 Å². The second-order valence-corrected chi connectivity index (χ2v) is 17.9. The van der Waals surface area contributed by atoms with Crippen molar-refractivity contribution in [3.63, 3.8) is 0 Å². The zero-order valence-corrected chi connectivity index (χ0v) is 37.9. The van der Waals surface area contributed by atoms with E-state index in [9.17, 15) is 43.2 Å². The number of ether oxygens (including phenoxy) is 3. The van der Waals surface area contributed by atoms with E-state index in [4.69, 9.17) is 23.3 Å². The number of nitrogens with zero attached hydrogens (tertiary/aromatic N) is 1. The Labute approximate surface area is 362 Å². The van der Waals surface area contributed by atoms with Crippen LogP contribution in [0.1, 0.15) is 200 Å². The van der Waals surface area contributed by atoms with Gasteiger partial charge in [-0.25, -0.2) is 4.79 Å². The zero-order valence-electron chi connectivity index (χ0n) is 37.0. The Morgan fingerprint density at radius 2 is 1.16 bits per heavy atom. The summed E-state index contributed by atoms with van der Waals surface area (Å²) in [6.45, 7) is 2.39. The number of phosphoric ester groups is 1. The number of esters is 2. The van der Waals surface area contributed by atoms with E-state index in [-0.39, 0.29) is 12.8 Å². The number of carbonyl (C=O) groups excluding carboxylic acids is 2. The molecule has 1 aromatic heterocycles. The molecule has 354 valence electrons. The molecule has 0 radical (unpaired) electrons. The molecular formula is C44H77FN2O13P-. The highest BCUT2D eigenvalue weighted by Crippen LogP contribution is 2.40. The number of hydrogen-bond acceptors (Lipinski definition) is 13. The van der Waals surface area contributed by atoms with Gasteiger partial charge < -0.3 is 38.4 Å². The molecule has 0 amide bonds. The number of aromatic amines is 1. The average molecular weight is 892 g/mol. The lowest BCUT2D eigenvalue weighted by Crippen LogP contribution is -2.38. The highest BCUT2D eigenvalue weighted by Gasteiger charge is 2.45. The van der Waals surface area contributed by atoms with Crippen LogP contribution in [0.3, 0.4) is 0 Å². The minimum atomic E-state index is -5.18. The van der Waals surface area contributed by atoms with Gasteiger partial charge in [-0.05, 0) is 12.8 Å². The van der Waals surface area contributed by atoms with Crippen molar-refractivity contribution in [2.75, 3.05) is 19.8 Å². The van der Waals surface area contributed by atoms with Crippen LogP contribution in [0.4, 0.5) is 4.39 Å². The molecule has 0 bridgehead atoms. The quantitative estimate of drug-likeness (QED) is 0.0325. The van der Waals surface area contributed by atoms with Crippen molar-refractivity contribution in [3.05, 3.63) is 32.9 Å². The number of H-pyrrole nitrogens is 1. The highest BCUT2D eigenvalue weighted by molar-refractivity contribution is 7.45. The topological polar surface area (TPSA) is 216 Å². The molecule has 61 heavy (non-hydrogen) atoms. The molecule has 15 nitrogen and oxygen atoms in total. The van der Waals surface area contributed by atoms with E-state index in [2.05, 4.69) is 13.8 Å². The van der Waals surface area contributed by atoms with Crippen LogP contribution in [0.15, 0.2) is 15.8 Å². The number of rotatable bonds is 38. The Kier molecular flexibility index (Phi) is 29.7. The molecule has 0 aromatic carbocycles. The van der Waals surface area contributed by atoms with E-state index in [1.165, 1.54) is 109 Å². The molecule has 2 heterocycles. The number of halogens is 1. The zero-order chi connectivity index (χ0) is 44.7. The summed E-state index contributed by atoms with van der Waals surface area (Å²) < 4.78 is 53.1. The monoisotopic (exact) mass is 892 g/mol. The molecule has 1 aliphatic rings. The molecule has 0 saturated carbocycles. The molecule has 1 unspecified atom stereocenters. The first-order valence-corrected chi connectivity index (χ1v) is 24.8. The van der Waals surface area contributed by atoms with E-state index in [1.54, 1.807) is 4.98 Å². The third-order valence-corrected chi connectivity index (χ3v) is 12.0. The van der Waals surface area contributed by atoms with Crippen LogP contribution in [-0.4, -0.2) is 75.9 Å². The minimum absolute atomic E-state index is 0.0926. The molecule has 6 atom stereocenters. The summed E-state index contributed by atoms with van der Waals surface area (Å²) in [5, 5.41) is 20.8. The minimum Gasteiger partial charge on any atom is -0.756 e. The number of aliphatic hydroxyl groups is 2. The highest BCUT2D eigenvalue weighted by atomic mass is 31.2. The Balaban J connectivity index is 1.79.